The van der Waals surface area contributed by atoms with Gasteiger partial charge in [0, 0.05) is 12.6 Å². The molecule has 75 valence electrons. The van der Waals surface area contributed by atoms with Gasteiger partial charge >= 0.3 is 0 Å². The summed E-state index contributed by atoms with van der Waals surface area (Å²) >= 11 is 0. The number of hydrogen-bond donors (Lipinski definition) is 2. The number of aliphatic hydroxyl groups is 1. The normalized spacial score (nSPS) is 12.1. The Balaban J connectivity index is 2.79. The first-order valence-electron chi connectivity index (χ1n) is 4.17. The van der Waals surface area contributed by atoms with Crippen LogP contribution < -0.4 is 5.32 Å². The van der Waals surface area contributed by atoms with E-state index in [9.17, 15) is 10.1 Å². The third-order valence-corrected chi connectivity index (χ3v) is 1.63. The van der Waals surface area contributed by atoms with Crippen molar-refractivity contribution in [2.75, 3.05) is 11.9 Å². The summed E-state index contributed by atoms with van der Waals surface area (Å²) in [6.07, 6.45) is -0.546. The molecule has 0 saturated carbocycles. The van der Waals surface area contributed by atoms with Gasteiger partial charge in [-0.2, -0.15) is 0 Å². The van der Waals surface area contributed by atoms with Gasteiger partial charge in [0.15, 0.2) is 0 Å². The van der Waals surface area contributed by atoms with Crippen LogP contribution in [0.5, 0.6) is 0 Å². The summed E-state index contributed by atoms with van der Waals surface area (Å²) in [4.78, 5) is 10.1. The van der Waals surface area contributed by atoms with Gasteiger partial charge in [-0.15, -0.1) is 0 Å². The van der Waals surface area contributed by atoms with Crippen molar-refractivity contribution in [3.8, 4) is 0 Å². The predicted molar refractivity (Wildman–Crippen MR) is 52.1 cm³/mol. The highest BCUT2D eigenvalue weighted by molar-refractivity contribution is 5.60. The van der Waals surface area contributed by atoms with Crippen LogP contribution in [0.2, 0.25) is 0 Å². The summed E-state index contributed by atoms with van der Waals surface area (Å²) in [6, 6.07) is 7.06. The van der Waals surface area contributed by atoms with Gasteiger partial charge in [0.1, 0.15) is 5.69 Å². The van der Waals surface area contributed by atoms with Gasteiger partial charge in [-0.05, 0) is 25.1 Å². The van der Waals surface area contributed by atoms with Gasteiger partial charge in [0.25, 0.3) is 5.69 Å². The van der Waals surface area contributed by atoms with E-state index in [0.717, 1.165) is 0 Å². The average molecular weight is 195 g/mol. The molecule has 1 rings (SSSR count). The van der Waals surface area contributed by atoms with Crippen molar-refractivity contribution in [2.45, 2.75) is 13.0 Å². The van der Waals surface area contributed by atoms with Gasteiger partial charge in [0.2, 0.25) is 0 Å². The molecule has 1 unspecified atom stereocenters. The van der Waals surface area contributed by atoms with Gasteiger partial charge in [-0.3, -0.25) is 10.1 Å². The Bertz CT molecular complexity index is 326. The molecule has 2 N–H and O–H groups in total. The molecular formula is C9H11N2O3. The third-order valence-electron chi connectivity index (χ3n) is 1.63. The van der Waals surface area contributed by atoms with E-state index in [4.69, 9.17) is 5.11 Å². The zero-order valence-electron chi connectivity index (χ0n) is 7.73. The molecular weight excluding hydrogens is 184 g/mol. The van der Waals surface area contributed by atoms with Crippen LogP contribution in [0.25, 0.3) is 0 Å². The first-order valence-corrected chi connectivity index (χ1v) is 4.17. The first-order chi connectivity index (χ1) is 6.61. The summed E-state index contributed by atoms with van der Waals surface area (Å²) in [5, 5.41) is 22.3. The average Bonchev–Trinajstić information content (AvgIpc) is 2.15. The molecule has 0 aromatic heterocycles. The number of nitro benzene ring substituents is 1. The molecule has 1 aromatic carbocycles. The van der Waals surface area contributed by atoms with Crippen molar-refractivity contribution < 1.29 is 10.0 Å². The SMILES string of the molecule is CC(O)CNc1c[c]ccc1[N+](=O)[O-]. The molecule has 1 atom stereocenters. The largest absolute Gasteiger partial charge is 0.392 e. The molecule has 0 amide bonds. The van der Waals surface area contributed by atoms with Crippen LogP contribution in [0, 0.1) is 16.2 Å². The molecule has 0 saturated heterocycles. The van der Waals surface area contributed by atoms with Crippen molar-refractivity contribution in [3.05, 3.63) is 34.4 Å². The van der Waals surface area contributed by atoms with E-state index in [-0.39, 0.29) is 12.2 Å². The van der Waals surface area contributed by atoms with E-state index in [0.29, 0.717) is 5.69 Å². The highest BCUT2D eigenvalue weighted by Gasteiger charge is 2.11. The molecule has 0 fully saturated rings. The summed E-state index contributed by atoms with van der Waals surface area (Å²) in [5.74, 6) is 0. The maximum absolute atomic E-state index is 10.6. The van der Waals surface area contributed by atoms with Gasteiger partial charge < -0.3 is 10.4 Å². The number of nitrogens with one attached hydrogen (secondary N) is 1. The lowest BCUT2D eigenvalue weighted by Crippen LogP contribution is -2.15. The fourth-order valence-electron chi connectivity index (χ4n) is 0.981. The van der Waals surface area contributed by atoms with Crippen LogP contribution >= 0.6 is 0 Å². The number of nitrogens with zero attached hydrogens (tertiary/aromatic N) is 1. The Labute approximate surface area is 81.5 Å². The second-order valence-corrected chi connectivity index (χ2v) is 2.93. The van der Waals surface area contributed by atoms with E-state index in [1.165, 1.54) is 18.2 Å². The van der Waals surface area contributed by atoms with Crippen LogP contribution in [0.3, 0.4) is 0 Å². The standard InChI is InChI=1S/C9H11N2O3/c1-7(12)6-10-8-4-2-3-5-9(8)11(13)14/h3-5,7,10,12H,6H2,1H3. The number of aliphatic hydroxyl groups excluding tert-OH is 1. The number of nitro groups is 1. The maximum atomic E-state index is 10.6. The van der Waals surface area contributed by atoms with Gasteiger partial charge in [0.05, 0.1) is 11.0 Å². The molecule has 1 radical (unpaired) electrons. The molecule has 5 heteroatoms. The van der Waals surface area contributed by atoms with Gasteiger partial charge in [-0.1, -0.05) is 0 Å². The summed E-state index contributed by atoms with van der Waals surface area (Å²) in [5.41, 5.74) is 0.364. The Hall–Kier alpha value is -1.62. The topological polar surface area (TPSA) is 75.4 Å². The molecule has 0 bridgehead atoms. The quantitative estimate of drug-likeness (QED) is 0.559. The van der Waals surface area contributed by atoms with E-state index < -0.39 is 11.0 Å². The van der Waals surface area contributed by atoms with E-state index in [1.54, 1.807) is 6.92 Å². The van der Waals surface area contributed by atoms with E-state index >= 15 is 0 Å². The second kappa shape index (κ2) is 4.57. The minimum Gasteiger partial charge on any atom is -0.392 e. The minimum atomic E-state index is -0.546. The third kappa shape index (κ3) is 2.70. The van der Waals surface area contributed by atoms with Crippen LogP contribution in [0.1, 0.15) is 6.92 Å². The predicted octanol–water partition coefficient (Wildman–Crippen LogP) is 1.19. The monoisotopic (exact) mass is 195 g/mol. The minimum absolute atomic E-state index is 0.00981. The van der Waals surface area contributed by atoms with Crippen molar-refractivity contribution in [1.29, 1.82) is 0 Å². The lowest BCUT2D eigenvalue weighted by atomic mass is 10.2. The van der Waals surface area contributed by atoms with E-state index in [2.05, 4.69) is 11.4 Å². The zero-order valence-corrected chi connectivity index (χ0v) is 7.73. The zero-order chi connectivity index (χ0) is 10.6. The molecule has 1 aromatic rings. The van der Waals surface area contributed by atoms with Crippen LogP contribution in [0.15, 0.2) is 18.2 Å². The number of benzene rings is 1. The Morgan fingerprint density at radius 2 is 2.50 bits per heavy atom. The summed E-state index contributed by atoms with van der Waals surface area (Å²) < 4.78 is 0. The molecule has 5 nitrogen and oxygen atoms in total. The molecule has 0 aliphatic carbocycles. The molecule has 14 heavy (non-hydrogen) atoms. The van der Waals surface area contributed by atoms with Crippen LogP contribution in [0.4, 0.5) is 11.4 Å². The smallest absolute Gasteiger partial charge is 0.292 e. The van der Waals surface area contributed by atoms with Crippen LogP contribution in [-0.2, 0) is 0 Å². The number of anilines is 1. The second-order valence-electron chi connectivity index (χ2n) is 2.93. The lowest BCUT2D eigenvalue weighted by molar-refractivity contribution is -0.384. The molecule has 0 spiro atoms. The number of hydrogen-bond acceptors (Lipinski definition) is 4. The molecule has 0 aliphatic heterocycles. The highest BCUT2D eigenvalue weighted by atomic mass is 16.6. The van der Waals surface area contributed by atoms with Crippen LogP contribution in [-0.4, -0.2) is 22.7 Å². The maximum Gasteiger partial charge on any atom is 0.292 e. The molecule has 0 aliphatic rings. The molecule has 0 heterocycles. The van der Waals surface area contributed by atoms with Crippen molar-refractivity contribution in [3.63, 3.8) is 0 Å². The number of rotatable bonds is 4. The first kappa shape index (κ1) is 10.5. The lowest BCUT2D eigenvalue weighted by Gasteiger charge is -2.07. The Morgan fingerprint density at radius 3 is 3.07 bits per heavy atom. The van der Waals surface area contributed by atoms with Crippen molar-refractivity contribution >= 4 is 11.4 Å². The summed E-state index contributed by atoms with van der Waals surface area (Å²) in [7, 11) is 0. The van der Waals surface area contributed by atoms with Gasteiger partial charge in [-0.25, -0.2) is 0 Å². The Morgan fingerprint density at radius 1 is 1.79 bits per heavy atom. The fraction of sp³-hybridized carbons (Fsp3) is 0.333. The fourth-order valence-corrected chi connectivity index (χ4v) is 0.981. The highest BCUT2D eigenvalue weighted by Crippen LogP contribution is 2.22. The van der Waals surface area contributed by atoms with Crippen molar-refractivity contribution in [1.82, 2.24) is 0 Å². The summed E-state index contributed by atoms with van der Waals surface area (Å²) in [6.45, 7) is 1.88. The Kier molecular flexibility index (Phi) is 3.41. The van der Waals surface area contributed by atoms with E-state index in [1.807, 2.05) is 0 Å². The van der Waals surface area contributed by atoms with Crippen molar-refractivity contribution in [2.24, 2.45) is 0 Å².